The van der Waals surface area contributed by atoms with Gasteiger partial charge in [-0.25, -0.2) is 15.0 Å². The molecule has 3 heterocycles. The number of rotatable bonds is 3. The molecule has 0 radical (unpaired) electrons. The third-order valence-electron chi connectivity index (χ3n) is 6.25. The summed E-state index contributed by atoms with van der Waals surface area (Å²) in [5.41, 5.74) is 7.69. The molecular formula is C25H29N5. The lowest BCUT2D eigenvalue weighted by molar-refractivity contribution is 0.275. The van der Waals surface area contributed by atoms with Crippen LogP contribution in [-0.4, -0.2) is 45.9 Å². The number of piperidine rings is 1. The van der Waals surface area contributed by atoms with Gasteiger partial charge in [0.2, 0.25) is 5.96 Å². The number of likely N-dealkylation sites (tertiary alicyclic amines) is 1. The van der Waals surface area contributed by atoms with E-state index >= 15 is 0 Å². The maximum absolute atomic E-state index is 4.95. The van der Waals surface area contributed by atoms with E-state index in [1.54, 1.807) is 12.5 Å². The number of aryl methyl sites for hydroxylation is 1. The van der Waals surface area contributed by atoms with E-state index in [9.17, 15) is 0 Å². The van der Waals surface area contributed by atoms with E-state index in [0.717, 1.165) is 49.0 Å². The summed E-state index contributed by atoms with van der Waals surface area (Å²) in [4.78, 5) is 17.8. The topological polar surface area (TPSA) is 44.6 Å². The predicted octanol–water partition coefficient (Wildman–Crippen LogP) is 4.67. The summed E-state index contributed by atoms with van der Waals surface area (Å²) in [5.74, 6) is 1.33. The van der Waals surface area contributed by atoms with Gasteiger partial charge in [-0.15, -0.1) is 0 Å². The Bertz CT molecular complexity index is 1030. The molecule has 30 heavy (non-hydrogen) atoms. The first-order valence-corrected chi connectivity index (χ1v) is 10.5. The molecule has 0 spiro atoms. The van der Waals surface area contributed by atoms with Crippen molar-refractivity contribution in [2.24, 2.45) is 10.9 Å². The smallest absolute Gasteiger partial charge is 0.206 e. The molecule has 1 aromatic carbocycles. The summed E-state index contributed by atoms with van der Waals surface area (Å²) in [7, 11) is 2.03. The number of likely N-dealkylation sites (N-methyl/N-ethyl adjacent to an activating group) is 1. The molecule has 1 saturated heterocycles. The standard InChI is InChI=1S/C25H29N5/c1-17-8-6-10-22(19(17)3)20(4)21-9-7-13-30(15-21)25-28-24(14-18(2)29(25)5)23-11-12-26-16-27-23/h6,8,10-12,14,16,21H,2,4,7,9,13,15H2,1,3,5H3. The van der Waals surface area contributed by atoms with Crippen LogP contribution in [0.1, 0.15) is 35.2 Å². The average molecular weight is 400 g/mol. The number of benzene rings is 1. The lowest BCUT2D eigenvalue weighted by Crippen LogP contribution is -2.47. The van der Waals surface area contributed by atoms with E-state index in [4.69, 9.17) is 4.99 Å². The molecule has 2 aromatic rings. The zero-order chi connectivity index (χ0) is 21.3. The van der Waals surface area contributed by atoms with Crippen molar-refractivity contribution in [2.75, 3.05) is 20.1 Å². The van der Waals surface area contributed by atoms with Crippen molar-refractivity contribution in [3.05, 3.63) is 84.1 Å². The second kappa shape index (κ2) is 8.27. The Labute approximate surface area is 179 Å². The van der Waals surface area contributed by atoms with E-state index < -0.39 is 0 Å². The fourth-order valence-corrected chi connectivity index (χ4v) is 4.22. The normalized spacial score (nSPS) is 19.4. The first kappa shape index (κ1) is 20.1. The molecule has 5 nitrogen and oxygen atoms in total. The summed E-state index contributed by atoms with van der Waals surface area (Å²) < 4.78 is 0. The third kappa shape index (κ3) is 3.80. The molecule has 1 atom stereocenters. The van der Waals surface area contributed by atoms with Gasteiger partial charge in [-0.2, -0.15) is 0 Å². The molecule has 0 saturated carbocycles. The van der Waals surface area contributed by atoms with Crippen LogP contribution >= 0.6 is 0 Å². The molecule has 1 unspecified atom stereocenters. The Morgan fingerprint density at radius 1 is 1.20 bits per heavy atom. The van der Waals surface area contributed by atoms with Crippen molar-refractivity contribution >= 4 is 17.2 Å². The fraction of sp³-hybridized carbons (Fsp3) is 0.320. The molecule has 0 N–H and O–H groups in total. The van der Waals surface area contributed by atoms with Gasteiger partial charge < -0.3 is 9.80 Å². The quantitative estimate of drug-likeness (QED) is 0.752. The Balaban J connectivity index is 1.60. The van der Waals surface area contributed by atoms with Crippen molar-refractivity contribution in [1.82, 2.24) is 19.8 Å². The SMILES string of the molecule is C=C(c1cccc(C)c1C)C1CCCN(C2=NC(c3ccncn3)=CC(=C)N2C)C1. The number of aromatic nitrogens is 2. The second-order valence-corrected chi connectivity index (χ2v) is 8.14. The highest BCUT2D eigenvalue weighted by Crippen LogP contribution is 2.33. The summed E-state index contributed by atoms with van der Waals surface area (Å²) in [6.07, 6.45) is 7.53. The van der Waals surface area contributed by atoms with Crippen LogP contribution in [0.25, 0.3) is 11.3 Å². The van der Waals surface area contributed by atoms with E-state index in [1.165, 1.54) is 22.3 Å². The van der Waals surface area contributed by atoms with Gasteiger partial charge in [-0.3, -0.25) is 0 Å². The number of allylic oxidation sites excluding steroid dienone is 1. The van der Waals surface area contributed by atoms with Crippen LogP contribution < -0.4 is 0 Å². The largest absolute Gasteiger partial charge is 0.342 e. The van der Waals surface area contributed by atoms with Gasteiger partial charge in [0.1, 0.15) is 6.33 Å². The van der Waals surface area contributed by atoms with E-state index in [0.29, 0.717) is 5.92 Å². The number of hydrogen-bond acceptors (Lipinski definition) is 5. The van der Waals surface area contributed by atoms with Crippen LogP contribution in [0.5, 0.6) is 0 Å². The van der Waals surface area contributed by atoms with Crippen LogP contribution in [0.15, 0.2) is 66.7 Å². The van der Waals surface area contributed by atoms with Crippen LogP contribution in [0, 0.1) is 19.8 Å². The first-order valence-electron chi connectivity index (χ1n) is 10.5. The Morgan fingerprint density at radius 3 is 2.80 bits per heavy atom. The minimum atomic E-state index is 0.400. The molecule has 0 aliphatic carbocycles. The molecular weight excluding hydrogens is 370 g/mol. The van der Waals surface area contributed by atoms with Crippen molar-refractivity contribution in [1.29, 1.82) is 0 Å². The molecule has 0 amide bonds. The third-order valence-corrected chi connectivity index (χ3v) is 6.25. The Morgan fingerprint density at radius 2 is 2.03 bits per heavy atom. The second-order valence-electron chi connectivity index (χ2n) is 8.14. The van der Waals surface area contributed by atoms with Gasteiger partial charge >= 0.3 is 0 Å². The number of guanidine groups is 1. The van der Waals surface area contributed by atoms with Gasteiger partial charge in [0.05, 0.1) is 11.4 Å². The molecule has 4 rings (SSSR count). The monoisotopic (exact) mass is 399 g/mol. The summed E-state index contributed by atoms with van der Waals surface area (Å²) in [6.45, 7) is 15.0. The van der Waals surface area contributed by atoms with E-state index in [2.05, 4.69) is 65.0 Å². The van der Waals surface area contributed by atoms with Crippen molar-refractivity contribution in [2.45, 2.75) is 26.7 Å². The Kier molecular flexibility index (Phi) is 5.53. The van der Waals surface area contributed by atoms with Gasteiger partial charge in [0.15, 0.2) is 0 Å². The molecule has 0 bridgehead atoms. The summed E-state index contributed by atoms with van der Waals surface area (Å²) in [6, 6.07) is 8.38. The highest BCUT2D eigenvalue weighted by Gasteiger charge is 2.29. The van der Waals surface area contributed by atoms with Crippen molar-refractivity contribution in [3.8, 4) is 0 Å². The first-order chi connectivity index (χ1) is 14.5. The molecule has 1 fully saturated rings. The number of hydrogen-bond donors (Lipinski definition) is 0. The fourth-order valence-electron chi connectivity index (χ4n) is 4.22. The van der Waals surface area contributed by atoms with Crippen LogP contribution in [0.2, 0.25) is 0 Å². The molecule has 5 heteroatoms. The van der Waals surface area contributed by atoms with Gasteiger partial charge in [-0.05, 0) is 61.1 Å². The van der Waals surface area contributed by atoms with Crippen LogP contribution in [0.4, 0.5) is 0 Å². The Hall–Kier alpha value is -3.21. The molecule has 2 aliphatic rings. The van der Waals surface area contributed by atoms with Crippen molar-refractivity contribution < 1.29 is 0 Å². The lowest BCUT2D eigenvalue weighted by Gasteiger charge is -2.40. The lowest BCUT2D eigenvalue weighted by atomic mass is 9.85. The maximum atomic E-state index is 4.95. The average Bonchev–Trinajstić information content (AvgIpc) is 2.77. The minimum absolute atomic E-state index is 0.400. The van der Waals surface area contributed by atoms with E-state index in [1.807, 2.05) is 19.2 Å². The maximum Gasteiger partial charge on any atom is 0.206 e. The number of aliphatic imine (C=N–C) groups is 1. The molecule has 1 aromatic heterocycles. The van der Waals surface area contributed by atoms with E-state index in [-0.39, 0.29) is 0 Å². The predicted molar refractivity (Wildman–Crippen MR) is 124 cm³/mol. The number of nitrogens with zero attached hydrogens (tertiary/aromatic N) is 5. The summed E-state index contributed by atoms with van der Waals surface area (Å²) >= 11 is 0. The van der Waals surface area contributed by atoms with Crippen LogP contribution in [0.3, 0.4) is 0 Å². The summed E-state index contributed by atoms with van der Waals surface area (Å²) in [5, 5.41) is 0. The molecule has 2 aliphatic heterocycles. The van der Waals surface area contributed by atoms with Crippen molar-refractivity contribution in [3.63, 3.8) is 0 Å². The van der Waals surface area contributed by atoms with Gasteiger partial charge in [0, 0.05) is 37.9 Å². The zero-order valence-corrected chi connectivity index (χ0v) is 18.1. The zero-order valence-electron chi connectivity index (χ0n) is 18.1. The van der Waals surface area contributed by atoms with Gasteiger partial charge in [0.25, 0.3) is 0 Å². The van der Waals surface area contributed by atoms with Crippen LogP contribution in [-0.2, 0) is 0 Å². The minimum Gasteiger partial charge on any atom is -0.342 e. The van der Waals surface area contributed by atoms with Gasteiger partial charge in [-0.1, -0.05) is 31.4 Å². The highest BCUT2D eigenvalue weighted by atomic mass is 15.4. The molecule has 154 valence electrons. The highest BCUT2D eigenvalue weighted by molar-refractivity contribution is 5.91.